The van der Waals surface area contributed by atoms with Gasteiger partial charge in [0.25, 0.3) is 15.9 Å². The van der Waals surface area contributed by atoms with E-state index in [0.717, 1.165) is 18.7 Å². The molecule has 2 heterocycles. The second-order valence-corrected chi connectivity index (χ2v) is 8.82. The van der Waals surface area contributed by atoms with E-state index in [-0.39, 0.29) is 22.8 Å². The number of nitrogens with one attached hydrogen (secondary N) is 1. The molecular formula is C20H27N3O5S. The lowest BCUT2D eigenvalue weighted by Crippen LogP contribution is -2.47. The van der Waals surface area contributed by atoms with Crippen LogP contribution in [0.15, 0.2) is 52.0 Å². The Hall–Kier alpha value is -2.20. The fourth-order valence-corrected chi connectivity index (χ4v) is 3.93. The Morgan fingerprint density at radius 1 is 1.17 bits per heavy atom. The predicted octanol–water partition coefficient (Wildman–Crippen LogP) is 1.55. The third-order valence-corrected chi connectivity index (χ3v) is 6.23. The van der Waals surface area contributed by atoms with Gasteiger partial charge in [0.05, 0.1) is 13.2 Å². The molecule has 29 heavy (non-hydrogen) atoms. The molecule has 1 unspecified atom stereocenters. The van der Waals surface area contributed by atoms with E-state index < -0.39 is 10.0 Å². The third-order valence-electron chi connectivity index (χ3n) is 4.94. The van der Waals surface area contributed by atoms with Gasteiger partial charge in [-0.15, -0.1) is 0 Å². The number of hydrogen-bond donors (Lipinski definition) is 1. The van der Waals surface area contributed by atoms with E-state index in [9.17, 15) is 13.2 Å². The molecule has 1 aromatic heterocycles. The van der Waals surface area contributed by atoms with Crippen molar-refractivity contribution in [1.82, 2.24) is 14.5 Å². The Labute approximate surface area is 171 Å². The maximum absolute atomic E-state index is 13.2. The van der Waals surface area contributed by atoms with E-state index >= 15 is 0 Å². The SMILES string of the molecule is CNS(=O)(=O)c1ccc(C(=O)N(Cc2ccccc2)C(C)CN2CCOCC2)o1. The quantitative estimate of drug-likeness (QED) is 0.695. The van der Waals surface area contributed by atoms with E-state index in [1.54, 1.807) is 4.90 Å². The Kier molecular flexibility index (Phi) is 7.07. The highest BCUT2D eigenvalue weighted by Crippen LogP contribution is 2.19. The maximum Gasteiger partial charge on any atom is 0.290 e. The van der Waals surface area contributed by atoms with Crippen LogP contribution < -0.4 is 4.72 Å². The van der Waals surface area contributed by atoms with Crippen LogP contribution in [0.5, 0.6) is 0 Å². The summed E-state index contributed by atoms with van der Waals surface area (Å²) in [6.45, 7) is 6.10. The van der Waals surface area contributed by atoms with Crippen molar-refractivity contribution in [2.75, 3.05) is 39.9 Å². The van der Waals surface area contributed by atoms with E-state index in [4.69, 9.17) is 9.15 Å². The van der Waals surface area contributed by atoms with Gasteiger partial charge in [-0.2, -0.15) is 0 Å². The lowest BCUT2D eigenvalue weighted by Gasteiger charge is -2.34. The minimum absolute atomic E-state index is 0.00332. The monoisotopic (exact) mass is 421 g/mol. The van der Waals surface area contributed by atoms with Crippen molar-refractivity contribution < 1.29 is 22.4 Å². The van der Waals surface area contributed by atoms with Crippen LogP contribution in [0.3, 0.4) is 0 Å². The first-order valence-corrected chi connectivity index (χ1v) is 11.1. The molecule has 1 saturated heterocycles. The number of benzene rings is 1. The molecule has 1 aliphatic heterocycles. The number of rotatable bonds is 8. The number of furan rings is 1. The largest absolute Gasteiger partial charge is 0.438 e. The Balaban J connectivity index is 1.82. The van der Waals surface area contributed by atoms with Crippen molar-refractivity contribution in [2.24, 2.45) is 0 Å². The van der Waals surface area contributed by atoms with Gasteiger partial charge in [-0.1, -0.05) is 30.3 Å². The summed E-state index contributed by atoms with van der Waals surface area (Å²) in [5.41, 5.74) is 0.990. The second-order valence-electron chi connectivity index (χ2n) is 7.01. The van der Waals surface area contributed by atoms with Crippen LogP contribution in [0.25, 0.3) is 0 Å². The Bertz CT molecular complexity index is 907. The zero-order chi connectivity index (χ0) is 20.9. The van der Waals surface area contributed by atoms with Crippen LogP contribution in [0, 0.1) is 0 Å². The number of hydrogen-bond acceptors (Lipinski definition) is 6. The summed E-state index contributed by atoms with van der Waals surface area (Å²) in [7, 11) is -2.45. The van der Waals surface area contributed by atoms with E-state index in [1.807, 2.05) is 37.3 Å². The van der Waals surface area contributed by atoms with Crippen LogP contribution in [0.2, 0.25) is 0 Å². The molecule has 0 aliphatic carbocycles. The van der Waals surface area contributed by atoms with Crippen molar-refractivity contribution in [3.05, 3.63) is 53.8 Å². The zero-order valence-corrected chi connectivity index (χ0v) is 17.5. The van der Waals surface area contributed by atoms with E-state index in [2.05, 4.69) is 9.62 Å². The van der Waals surface area contributed by atoms with Crippen molar-refractivity contribution in [3.8, 4) is 0 Å². The molecule has 1 N–H and O–H groups in total. The average molecular weight is 422 g/mol. The summed E-state index contributed by atoms with van der Waals surface area (Å²) in [5.74, 6) is -0.337. The van der Waals surface area contributed by atoms with Crippen LogP contribution >= 0.6 is 0 Å². The Morgan fingerprint density at radius 2 is 1.86 bits per heavy atom. The third kappa shape index (κ3) is 5.45. The normalized spacial score (nSPS) is 16.5. The smallest absolute Gasteiger partial charge is 0.290 e. The summed E-state index contributed by atoms with van der Waals surface area (Å²) in [6, 6.07) is 12.3. The van der Waals surface area contributed by atoms with Crippen LogP contribution in [-0.4, -0.2) is 70.1 Å². The van der Waals surface area contributed by atoms with Gasteiger partial charge in [0, 0.05) is 32.2 Å². The highest BCUT2D eigenvalue weighted by molar-refractivity contribution is 7.89. The fourth-order valence-electron chi connectivity index (χ4n) is 3.29. The summed E-state index contributed by atoms with van der Waals surface area (Å²) in [4.78, 5) is 17.2. The summed E-state index contributed by atoms with van der Waals surface area (Å²) >= 11 is 0. The lowest BCUT2D eigenvalue weighted by molar-refractivity contribution is 0.0221. The number of nitrogens with zero attached hydrogens (tertiary/aromatic N) is 2. The number of sulfonamides is 1. The molecule has 1 amide bonds. The molecule has 0 saturated carbocycles. The number of carbonyl (C=O) groups is 1. The van der Waals surface area contributed by atoms with Crippen molar-refractivity contribution in [2.45, 2.75) is 24.6 Å². The maximum atomic E-state index is 13.2. The molecular weight excluding hydrogens is 394 g/mol. The van der Waals surface area contributed by atoms with Gasteiger partial charge in [-0.3, -0.25) is 9.69 Å². The molecule has 1 atom stereocenters. The first-order chi connectivity index (χ1) is 13.9. The van der Waals surface area contributed by atoms with E-state index in [0.29, 0.717) is 26.3 Å². The first kappa shape index (κ1) is 21.5. The molecule has 1 aliphatic rings. The Morgan fingerprint density at radius 3 is 2.52 bits per heavy atom. The van der Waals surface area contributed by atoms with Crippen LogP contribution in [0.1, 0.15) is 23.0 Å². The highest BCUT2D eigenvalue weighted by Gasteiger charge is 2.28. The van der Waals surface area contributed by atoms with Crippen molar-refractivity contribution in [1.29, 1.82) is 0 Å². The zero-order valence-electron chi connectivity index (χ0n) is 16.7. The minimum atomic E-state index is -3.75. The molecule has 2 aromatic rings. The van der Waals surface area contributed by atoms with Crippen LogP contribution in [0.4, 0.5) is 0 Å². The molecule has 0 bridgehead atoms. The average Bonchev–Trinajstić information content (AvgIpc) is 3.24. The predicted molar refractivity (Wildman–Crippen MR) is 108 cm³/mol. The van der Waals surface area contributed by atoms with Gasteiger partial charge in [-0.05, 0) is 31.7 Å². The molecule has 8 nitrogen and oxygen atoms in total. The van der Waals surface area contributed by atoms with Gasteiger partial charge in [-0.25, -0.2) is 13.1 Å². The van der Waals surface area contributed by atoms with Crippen LogP contribution in [-0.2, 0) is 21.3 Å². The number of carbonyl (C=O) groups excluding carboxylic acids is 1. The summed E-state index contributed by atoms with van der Waals surface area (Å²) in [5, 5.41) is -0.274. The topological polar surface area (TPSA) is 92.1 Å². The molecule has 0 spiro atoms. The second kappa shape index (κ2) is 9.53. The van der Waals surface area contributed by atoms with Gasteiger partial charge >= 0.3 is 0 Å². The van der Waals surface area contributed by atoms with E-state index in [1.165, 1.54) is 19.2 Å². The molecule has 3 rings (SSSR count). The van der Waals surface area contributed by atoms with Gasteiger partial charge < -0.3 is 14.1 Å². The summed E-state index contributed by atoms with van der Waals surface area (Å²) in [6.07, 6.45) is 0. The lowest BCUT2D eigenvalue weighted by atomic mass is 10.1. The van der Waals surface area contributed by atoms with Crippen molar-refractivity contribution in [3.63, 3.8) is 0 Å². The minimum Gasteiger partial charge on any atom is -0.438 e. The van der Waals surface area contributed by atoms with Gasteiger partial charge in [0.1, 0.15) is 0 Å². The molecule has 9 heteroatoms. The van der Waals surface area contributed by atoms with Gasteiger partial charge in [0.2, 0.25) is 5.09 Å². The van der Waals surface area contributed by atoms with Crippen molar-refractivity contribution >= 4 is 15.9 Å². The highest BCUT2D eigenvalue weighted by atomic mass is 32.2. The molecule has 1 fully saturated rings. The van der Waals surface area contributed by atoms with Gasteiger partial charge in [0.15, 0.2) is 5.76 Å². The standard InChI is InChI=1S/C20H27N3O5S/c1-16(14-22-10-12-27-13-11-22)23(15-17-6-4-3-5-7-17)20(24)18-8-9-19(28-18)29(25,26)21-2/h3-9,16,21H,10-15H2,1-2H3. The molecule has 0 radical (unpaired) electrons. The molecule has 1 aromatic carbocycles. The summed E-state index contributed by atoms with van der Waals surface area (Å²) < 4.78 is 36.9. The molecule has 158 valence electrons. The fraction of sp³-hybridized carbons (Fsp3) is 0.450. The number of ether oxygens (including phenoxy) is 1. The number of amides is 1. The first-order valence-electron chi connectivity index (χ1n) is 9.59. The number of morpholine rings is 1.